The molecule has 0 amide bonds. The van der Waals surface area contributed by atoms with E-state index < -0.39 is 0 Å². The first-order valence-electron chi connectivity index (χ1n) is 7.21. The minimum absolute atomic E-state index is 0.342. The van der Waals surface area contributed by atoms with Crippen molar-refractivity contribution in [1.82, 2.24) is 0 Å². The molecule has 0 spiro atoms. The second-order valence-electron chi connectivity index (χ2n) is 5.34. The van der Waals surface area contributed by atoms with Gasteiger partial charge in [-0.25, -0.2) is 0 Å². The van der Waals surface area contributed by atoms with Crippen molar-refractivity contribution in [3.8, 4) is 0 Å². The topological polar surface area (TPSA) is 9.23 Å². The Morgan fingerprint density at radius 2 is 1.65 bits per heavy atom. The fraction of sp³-hybridized carbons (Fsp3) is 0.333. The monoisotopic (exact) mass is 332 g/mol. The van der Waals surface area contributed by atoms with Gasteiger partial charge in [0.1, 0.15) is 0 Å². The van der Waals surface area contributed by atoms with Gasteiger partial charge >= 0.3 is 127 Å². The predicted octanol–water partition coefficient (Wildman–Crippen LogP) is 3.40. The van der Waals surface area contributed by atoms with Crippen LogP contribution in [0.4, 0.5) is 0 Å². The molecule has 3 atom stereocenters. The molecule has 0 saturated carbocycles. The molecule has 0 bridgehead atoms. The van der Waals surface area contributed by atoms with Crippen LogP contribution in [0.5, 0.6) is 0 Å². The van der Waals surface area contributed by atoms with E-state index in [4.69, 9.17) is 4.74 Å². The van der Waals surface area contributed by atoms with Gasteiger partial charge in [0.05, 0.1) is 0 Å². The molecule has 0 N–H and O–H groups in total. The Morgan fingerprint density at radius 1 is 1.00 bits per heavy atom. The van der Waals surface area contributed by atoms with Gasteiger partial charge in [-0.2, -0.15) is 0 Å². The molecule has 1 aliphatic heterocycles. The quantitative estimate of drug-likeness (QED) is 0.781. The van der Waals surface area contributed by atoms with Crippen LogP contribution in [0.2, 0.25) is 5.32 Å². The molecule has 20 heavy (non-hydrogen) atoms. The summed E-state index contributed by atoms with van der Waals surface area (Å²) in [6.45, 7) is 2.22. The third kappa shape index (κ3) is 3.32. The summed E-state index contributed by atoms with van der Waals surface area (Å²) in [6.07, 6.45) is 1.93. The first-order chi connectivity index (χ1) is 9.83. The Hall–Kier alpha value is -1.08. The Labute approximate surface area is 127 Å². The molecule has 104 valence electrons. The van der Waals surface area contributed by atoms with Gasteiger partial charge in [0.15, 0.2) is 0 Å². The molecule has 1 nitrogen and oxygen atoms in total. The number of rotatable bonds is 4. The molecule has 3 rings (SSSR count). The van der Waals surface area contributed by atoms with Gasteiger partial charge in [0, 0.05) is 0 Å². The van der Waals surface area contributed by atoms with E-state index in [-0.39, 0.29) is 0 Å². The maximum absolute atomic E-state index is 6.17. The van der Waals surface area contributed by atoms with Gasteiger partial charge < -0.3 is 0 Å². The number of ether oxygens (including phenoxy) is 1. The number of hydrogen-bond acceptors (Lipinski definition) is 1. The van der Waals surface area contributed by atoms with E-state index in [9.17, 15) is 0 Å². The maximum atomic E-state index is 6.17. The summed E-state index contributed by atoms with van der Waals surface area (Å²) in [5, 5.41) is 1.19. The molecular weight excluding hydrogens is 311 g/mol. The molecule has 1 heterocycles. The van der Waals surface area contributed by atoms with Crippen LogP contribution in [0.25, 0.3) is 0 Å². The van der Waals surface area contributed by atoms with Crippen molar-refractivity contribution < 1.29 is 4.74 Å². The number of hydrogen-bond donors (Lipinski definition) is 0. The summed E-state index contributed by atoms with van der Waals surface area (Å²) >= 11 is 0.525. The van der Waals surface area contributed by atoms with E-state index >= 15 is 0 Å². The third-order valence-electron chi connectivity index (χ3n) is 3.90. The molecule has 1 fully saturated rings. The number of benzene rings is 2. The van der Waals surface area contributed by atoms with Crippen LogP contribution in [0.3, 0.4) is 0 Å². The molecular formula is C18H20OSe. The van der Waals surface area contributed by atoms with Crippen LogP contribution in [-0.4, -0.2) is 27.2 Å². The van der Waals surface area contributed by atoms with Crippen LogP contribution in [0, 0.1) is 0 Å². The predicted molar refractivity (Wildman–Crippen MR) is 84.8 cm³/mol. The summed E-state index contributed by atoms with van der Waals surface area (Å²) in [6, 6.07) is 21.6. The van der Waals surface area contributed by atoms with Crippen molar-refractivity contribution in [1.29, 1.82) is 0 Å². The van der Waals surface area contributed by atoms with E-state index in [0.29, 0.717) is 33.1 Å². The second-order valence-corrected chi connectivity index (χ2v) is 7.63. The van der Waals surface area contributed by atoms with Gasteiger partial charge in [0.25, 0.3) is 0 Å². The molecule has 1 saturated heterocycles. The van der Waals surface area contributed by atoms with E-state index in [1.165, 1.54) is 21.8 Å². The Morgan fingerprint density at radius 3 is 2.35 bits per heavy atom. The zero-order chi connectivity index (χ0) is 13.8. The van der Waals surface area contributed by atoms with E-state index in [0.717, 1.165) is 0 Å². The molecule has 0 aliphatic carbocycles. The average molecular weight is 331 g/mol. The summed E-state index contributed by atoms with van der Waals surface area (Å²) in [7, 11) is 0. The minimum atomic E-state index is 0.342. The molecule has 0 aromatic heterocycles. The van der Waals surface area contributed by atoms with Crippen LogP contribution in [-0.2, 0) is 4.74 Å². The summed E-state index contributed by atoms with van der Waals surface area (Å²) in [5.41, 5.74) is 1.43. The molecule has 2 aromatic rings. The Bertz CT molecular complexity index is 526. The molecule has 1 aliphatic rings. The Balaban J connectivity index is 1.58. The fourth-order valence-corrected chi connectivity index (χ4v) is 4.83. The van der Waals surface area contributed by atoms with Gasteiger partial charge in [-0.3, -0.25) is 0 Å². The van der Waals surface area contributed by atoms with Crippen LogP contribution in [0.1, 0.15) is 24.8 Å². The van der Waals surface area contributed by atoms with Crippen molar-refractivity contribution in [2.24, 2.45) is 0 Å². The molecule has 0 radical (unpaired) electrons. The Kier molecular flexibility index (Phi) is 4.57. The summed E-state index contributed by atoms with van der Waals surface area (Å²) in [5.74, 6) is 0.563. The van der Waals surface area contributed by atoms with Gasteiger partial charge in [-0.15, -0.1) is 0 Å². The average Bonchev–Trinajstić information content (AvgIpc) is 2.88. The molecule has 1 unspecified atom stereocenters. The summed E-state index contributed by atoms with van der Waals surface area (Å²) < 4.78 is 7.64. The first kappa shape index (κ1) is 13.9. The van der Waals surface area contributed by atoms with E-state index in [1.54, 1.807) is 0 Å². The van der Waals surface area contributed by atoms with Crippen LogP contribution >= 0.6 is 0 Å². The van der Waals surface area contributed by atoms with Crippen molar-refractivity contribution in [3.63, 3.8) is 0 Å². The van der Waals surface area contributed by atoms with Crippen LogP contribution < -0.4 is 4.46 Å². The van der Waals surface area contributed by atoms with E-state index in [2.05, 4.69) is 67.6 Å². The standard InChI is InChI=1S/C18H20OSe/c1-14-18(15-8-4-2-5-9-15)12-16(19-14)13-20-17-10-6-3-7-11-17/h2-11,14,16,18H,12-13H2,1H3/t14-,16?,18-/m1/s1. The van der Waals surface area contributed by atoms with Gasteiger partial charge in [0.2, 0.25) is 0 Å². The first-order valence-corrected chi connectivity index (χ1v) is 9.28. The van der Waals surface area contributed by atoms with Crippen molar-refractivity contribution in [3.05, 3.63) is 66.2 Å². The third-order valence-corrected chi connectivity index (χ3v) is 6.30. The van der Waals surface area contributed by atoms with Crippen molar-refractivity contribution in [2.75, 3.05) is 0 Å². The van der Waals surface area contributed by atoms with Gasteiger partial charge in [-0.1, -0.05) is 0 Å². The second kappa shape index (κ2) is 6.58. The van der Waals surface area contributed by atoms with Gasteiger partial charge in [-0.05, 0) is 0 Å². The van der Waals surface area contributed by atoms with Crippen molar-refractivity contribution in [2.45, 2.75) is 36.8 Å². The van der Waals surface area contributed by atoms with E-state index in [1.807, 2.05) is 0 Å². The van der Waals surface area contributed by atoms with Crippen LogP contribution in [0.15, 0.2) is 60.7 Å². The zero-order valence-electron chi connectivity index (χ0n) is 11.7. The summed E-state index contributed by atoms with van der Waals surface area (Å²) in [4.78, 5) is 0. The zero-order valence-corrected chi connectivity index (χ0v) is 13.4. The molecule has 2 heteroatoms. The fourth-order valence-electron chi connectivity index (χ4n) is 2.85. The SMILES string of the molecule is C[C@H]1OC(C[Se]c2ccccc2)C[C@H]1c1ccccc1. The molecule has 2 aromatic carbocycles. The van der Waals surface area contributed by atoms with Crippen molar-refractivity contribution >= 4 is 19.4 Å². The normalized spacial score (nSPS) is 25.8.